The van der Waals surface area contributed by atoms with E-state index >= 15 is 0 Å². The Labute approximate surface area is 82.4 Å². The van der Waals surface area contributed by atoms with Gasteiger partial charge >= 0.3 is 0 Å². The highest BCUT2D eigenvalue weighted by Gasteiger charge is 2.18. The Balaban J connectivity index is 2.52. The van der Waals surface area contributed by atoms with Gasteiger partial charge in [-0.3, -0.25) is 0 Å². The molecule has 0 aromatic carbocycles. The Morgan fingerprint density at radius 1 is 1.27 bits per heavy atom. The number of hydrogen-bond acceptors (Lipinski definition) is 4. The van der Waals surface area contributed by atoms with Gasteiger partial charge in [-0.1, -0.05) is 23.2 Å². The van der Waals surface area contributed by atoms with E-state index in [1.54, 1.807) is 0 Å². The molecule has 0 unspecified atom stereocenters. The molecule has 0 bridgehead atoms. The summed E-state index contributed by atoms with van der Waals surface area (Å²) in [5, 5.41) is 3.11. The topological polar surface area (TPSA) is 24.1 Å². The van der Waals surface area contributed by atoms with Crippen LogP contribution in [-0.4, -0.2) is 6.67 Å². The van der Waals surface area contributed by atoms with Gasteiger partial charge in [0.2, 0.25) is 0 Å². The summed E-state index contributed by atoms with van der Waals surface area (Å²) >= 11 is 14.7. The molecule has 1 aromatic rings. The van der Waals surface area contributed by atoms with Gasteiger partial charge in [-0.2, -0.15) is 0 Å². The van der Waals surface area contributed by atoms with Crippen LogP contribution >= 0.6 is 46.5 Å². The number of halogens is 2. The Bertz CT molecular complexity index is 260. The summed E-state index contributed by atoms with van der Waals surface area (Å²) < 4.78 is 4.54. The van der Waals surface area contributed by atoms with Crippen LogP contribution in [0.5, 0.6) is 0 Å². The minimum atomic E-state index is 0.727. The van der Waals surface area contributed by atoms with Gasteiger partial charge in [0.15, 0.2) is 0 Å². The maximum atomic E-state index is 5.90. The van der Waals surface area contributed by atoms with E-state index in [1.807, 2.05) is 0 Å². The zero-order chi connectivity index (χ0) is 7.84. The third kappa shape index (κ3) is 1.34. The van der Waals surface area contributed by atoms with Crippen molar-refractivity contribution in [3.63, 3.8) is 0 Å². The quantitative estimate of drug-likeness (QED) is 0.666. The van der Waals surface area contributed by atoms with E-state index in [0.717, 1.165) is 25.9 Å². The summed E-state index contributed by atoms with van der Waals surface area (Å²) in [6, 6.07) is 0. The van der Waals surface area contributed by atoms with Crippen LogP contribution in [0, 0.1) is 0 Å². The molecule has 0 fully saturated rings. The van der Waals surface area contributed by atoms with Gasteiger partial charge in [0.05, 0.1) is 17.3 Å². The predicted molar refractivity (Wildman–Crippen MR) is 51.8 cm³/mol. The SMILES string of the molecule is Clc1sc(Cl)c2c1NCNS2. The molecular weight excluding hydrogens is 223 g/mol. The highest BCUT2D eigenvalue weighted by atomic mass is 35.5. The maximum Gasteiger partial charge on any atom is 0.119 e. The molecular formula is C5H4Cl2N2S2. The fourth-order valence-corrected chi connectivity index (χ4v) is 3.43. The van der Waals surface area contributed by atoms with E-state index in [1.165, 1.54) is 23.3 Å². The summed E-state index contributed by atoms with van der Waals surface area (Å²) in [7, 11) is 0. The van der Waals surface area contributed by atoms with Crippen molar-refractivity contribution in [1.82, 2.24) is 4.72 Å². The highest BCUT2D eigenvalue weighted by molar-refractivity contribution is 7.98. The zero-order valence-electron chi connectivity index (χ0n) is 5.28. The molecule has 0 spiro atoms. The molecule has 0 aliphatic carbocycles. The molecule has 0 radical (unpaired) electrons. The third-order valence-corrected chi connectivity index (χ3v) is 4.04. The molecule has 0 saturated heterocycles. The average molecular weight is 227 g/mol. The number of thiophene rings is 1. The van der Waals surface area contributed by atoms with E-state index in [9.17, 15) is 0 Å². The lowest BCUT2D eigenvalue weighted by Gasteiger charge is -2.14. The zero-order valence-corrected chi connectivity index (χ0v) is 8.42. The van der Waals surface area contributed by atoms with Crippen LogP contribution in [0.3, 0.4) is 0 Å². The predicted octanol–water partition coefficient (Wildman–Crippen LogP) is 3.03. The Hall–Kier alpha value is 0.390. The lowest BCUT2D eigenvalue weighted by atomic mass is 10.5. The van der Waals surface area contributed by atoms with Crippen molar-refractivity contribution < 1.29 is 0 Å². The summed E-state index contributed by atoms with van der Waals surface area (Å²) in [5.41, 5.74) is 0.963. The monoisotopic (exact) mass is 226 g/mol. The van der Waals surface area contributed by atoms with Crippen LogP contribution in [0.2, 0.25) is 8.67 Å². The van der Waals surface area contributed by atoms with E-state index < -0.39 is 0 Å². The largest absolute Gasteiger partial charge is 0.369 e. The number of rotatable bonds is 0. The normalized spacial score (nSPS) is 15.8. The minimum Gasteiger partial charge on any atom is -0.369 e. The Morgan fingerprint density at radius 2 is 2.09 bits per heavy atom. The number of nitrogens with one attached hydrogen (secondary N) is 2. The highest BCUT2D eigenvalue weighted by Crippen LogP contribution is 2.46. The summed E-state index contributed by atoms with van der Waals surface area (Å²) in [6.07, 6.45) is 0. The van der Waals surface area contributed by atoms with Gasteiger partial charge in [-0.05, 0) is 11.9 Å². The fourth-order valence-electron chi connectivity index (χ4n) is 0.837. The molecule has 2 nitrogen and oxygen atoms in total. The summed E-state index contributed by atoms with van der Waals surface area (Å²) in [6.45, 7) is 0.727. The molecule has 0 saturated carbocycles. The molecule has 60 valence electrons. The lowest BCUT2D eigenvalue weighted by molar-refractivity contribution is 1.02. The van der Waals surface area contributed by atoms with Gasteiger partial charge in [0, 0.05) is 0 Å². The molecule has 0 amide bonds. The van der Waals surface area contributed by atoms with E-state index in [2.05, 4.69) is 10.0 Å². The standard InChI is InChI=1S/C5H4Cl2N2S2/c6-4-2-3(5(7)10-4)11-9-1-8-2/h8-9H,1H2. The number of fused-ring (bicyclic) bond motifs is 1. The molecule has 6 heteroatoms. The molecule has 2 heterocycles. The van der Waals surface area contributed by atoms with Gasteiger partial charge in [0.1, 0.15) is 8.67 Å². The van der Waals surface area contributed by atoms with Crippen LogP contribution in [0.1, 0.15) is 0 Å². The van der Waals surface area contributed by atoms with Crippen LogP contribution in [0.15, 0.2) is 4.90 Å². The molecule has 2 rings (SSSR count). The van der Waals surface area contributed by atoms with Crippen molar-refractivity contribution in [3.05, 3.63) is 8.67 Å². The van der Waals surface area contributed by atoms with Gasteiger partial charge in [-0.25, -0.2) is 4.72 Å². The number of anilines is 1. The first-order valence-corrected chi connectivity index (χ1v) is 5.29. The molecule has 11 heavy (non-hydrogen) atoms. The second kappa shape index (κ2) is 3.03. The van der Waals surface area contributed by atoms with Crippen molar-refractivity contribution in [2.75, 3.05) is 12.0 Å². The third-order valence-electron chi connectivity index (χ3n) is 1.29. The number of hydrogen-bond donors (Lipinski definition) is 2. The first-order valence-electron chi connectivity index (χ1n) is 2.90. The van der Waals surface area contributed by atoms with Crippen LogP contribution in [0.4, 0.5) is 5.69 Å². The van der Waals surface area contributed by atoms with E-state index in [4.69, 9.17) is 23.2 Å². The van der Waals surface area contributed by atoms with Crippen molar-refractivity contribution in [3.8, 4) is 0 Å². The minimum absolute atomic E-state index is 0.727. The molecule has 2 N–H and O–H groups in total. The first kappa shape index (κ1) is 8.01. The Morgan fingerprint density at radius 3 is 2.82 bits per heavy atom. The average Bonchev–Trinajstić information content (AvgIpc) is 2.30. The van der Waals surface area contributed by atoms with Gasteiger partial charge < -0.3 is 5.32 Å². The molecule has 0 atom stereocenters. The Kier molecular flexibility index (Phi) is 2.21. The van der Waals surface area contributed by atoms with Crippen molar-refractivity contribution >= 4 is 52.2 Å². The smallest absolute Gasteiger partial charge is 0.119 e. The molecule has 1 aliphatic rings. The van der Waals surface area contributed by atoms with Gasteiger partial charge in [-0.15, -0.1) is 11.3 Å². The van der Waals surface area contributed by atoms with Crippen LogP contribution in [-0.2, 0) is 0 Å². The van der Waals surface area contributed by atoms with E-state index in [0.29, 0.717) is 0 Å². The molecule has 1 aromatic heterocycles. The van der Waals surface area contributed by atoms with Crippen molar-refractivity contribution in [2.24, 2.45) is 0 Å². The molecule has 1 aliphatic heterocycles. The summed E-state index contributed by atoms with van der Waals surface area (Å²) in [5.74, 6) is 0. The first-order chi connectivity index (χ1) is 5.29. The lowest BCUT2D eigenvalue weighted by Crippen LogP contribution is -2.19. The van der Waals surface area contributed by atoms with Crippen LogP contribution < -0.4 is 10.0 Å². The summed E-state index contributed by atoms with van der Waals surface area (Å²) in [4.78, 5) is 1.01. The second-order valence-corrected chi connectivity index (χ2v) is 5.08. The van der Waals surface area contributed by atoms with Crippen molar-refractivity contribution in [1.29, 1.82) is 0 Å². The van der Waals surface area contributed by atoms with E-state index in [-0.39, 0.29) is 0 Å². The second-order valence-electron chi connectivity index (χ2n) is 1.95. The van der Waals surface area contributed by atoms with Crippen molar-refractivity contribution in [2.45, 2.75) is 4.90 Å². The fraction of sp³-hybridized carbons (Fsp3) is 0.200. The van der Waals surface area contributed by atoms with Gasteiger partial charge in [0.25, 0.3) is 0 Å². The maximum absolute atomic E-state index is 5.90. The van der Waals surface area contributed by atoms with Crippen LogP contribution in [0.25, 0.3) is 0 Å².